The number of carbonyl (C=O) groups excluding carboxylic acids is 1. The highest BCUT2D eigenvalue weighted by atomic mass is 16.5. The zero-order chi connectivity index (χ0) is 16.8. The molecule has 0 aliphatic carbocycles. The summed E-state index contributed by atoms with van der Waals surface area (Å²) in [6.45, 7) is 1.21. The van der Waals surface area contributed by atoms with Crippen LogP contribution in [0.1, 0.15) is 10.5 Å². The molecule has 2 rings (SSSR count). The Hall–Kier alpha value is -2.67. The number of rotatable bonds is 6. The summed E-state index contributed by atoms with van der Waals surface area (Å²) >= 11 is 0. The number of carbonyl (C=O) groups is 1. The molecule has 23 heavy (non-hydrogen) atoms. The predicted molar refractivity (Wildman–Crippen MR) is 87.7 cm³/mol. The van der Waals surface area contributed by atoms with Crippen molar-refractivity contribution in [1.82, 2.24) is 20.2 Å². The third kappa shape index (κ3) is 4.65. The molecule has 2 N–H and O–H groups in total. The van der Waals surface area contributed by atoms with Crippen molar-refractivity contribution in [2.75, 3.05) is 34.3 Å². The number of ether oxygens (including phenoxy) is 1. The number of benzene rings is 1. The van der Waals surface area contributed by atoms with Crippen LogP contribution in [0.15, 0.2) is 35.1 Å². The van der Waals surface area contributed by atoms with Gasteiger partial charge in [0.1, 0.15) is 11.4 Å². The number of nitrogens with zero attached hydrogens (tertiary/aromatic N) is 2. The fraction of sp³-hybridized carbons (Fsp3) is 0.312. The summed E-state index contributed by atoms with van der Waals surface area (Å²) in [5.41, 5.74) is 0.805. The molecule has 0 bridgehead atoms. The Morgan fingerprint density at radius 2 is 2.00 bits per heavy atom. The normalized spacial score (nSPS) is 10.6. The van der Waals surface area contributed by atoms with E-state index in [1.807, 2.05) is 19.0 Å². The number of H-pyrrole nitrogens is 1. The molecule has 2 aromatic rings. The number of likely N-dealkylation sites (N-methyl/N-ethyl adjacent to an activating group) is 1. The largest absolute Gasteiger partial charge is 0.497 e. The van der Waals surface area contributed by atoms with E-state index in [0.717, 1.165) is 5.56 Å². The van der Waals surface area contributed by atoms with Crippen LogP contribution in [0.3, 0.4) is 0 Å². The Morgan fingerprint density at radius 1 is 1.30 bits per heavy atom. The highest BCUT2D eigenvalue weighted by molar-refractivity contribution is 5.93. The average Bonchev–Trinajstić information content (AvgIpc) is 2.54. The molecule has 0 fully saturated rings. The maximum absolute atomic E-state index is 12.1. The number of methoxy groups -OCH3 is 1. The van der Waals surface area contributed by atoms with Crippen LogP contribution in [0.2, 0.25) is 0 Å². The van der Waals surface area contributed by atoms with Crippen LogP contribution < -0.4 is 15.7 Å². The lowest BCUT2D eigenvalue weighted by Crippen LogP contribution is -2.33. The lowest BCUT2D eigenvalue weighted by Gasteiger charge is -2.10. The quantitative estimate of drug-likeness (QED) is 0.820. The maximum Gasteiger partial charge on any atom is 0.346 e. The number of nitrogens with one attached hydrogen (secondary N) is 2. The van der Waals surface area contributed by atoms with Gasteiger partial charge in [0, 0.05) is 18.7 Å². The first-order valence-electron chi connectivity index (χ1n) is 7.18. The molecule has 0 atom stereocenters. The molecule has 1 heterocycles. The fourth-order valence-corrected chi connectivity index (χ4v) is 1.98. The molecule has 0 aliphatic heterocycles. The van der Waals surface area contributed by atoms with Crippen LogP contribution in [0.5, 0.6) is 5.75 Å². The molecule has 1 aromatic heterocycles. The Bertz CT molecular complexity index is 723. The molecule has 7 heteroatoms. The van der Waals surface area contributed by atoms with E-state index in [4.69, 9.17) is 4.74 Å². The van der Waals surface area contributed by atoms with E-state index in [9.17, 15) is 9.59 Å². The van der Waals surface area contributed by atoms with Crippen LogP contribution in [0.25, 0.3) is 11.3 Å². The van der Waals surface area contributed by atoms with Crippen LogP contribution in [-0.2, 0) is 0 Å². The first-order chi connectivity index (χ1) is 11.0. The van der Waals surface area contributed by atoms with Gasteiger partial charge in [-0.2, -0.15) is 4.98 Å². The van der Waals surface area contributed by atoms with Crippen molar-refractivity contribution in [2.24, 2.45) is 0 Å². The topological polar surface area (TPSA) is 87.3 Å². The van der Waals surface area contributed by atoms with Crippen molar-refractivity contribution in [3.63, 3.8) is 0 Å². The van der Waals surface area contributed by atoms with E-state index in [1.165, 1.54) is 0 Å². The minimum Gasteiger partial charge on any atom is -0.497 e. The van der Waals surface area contributed by atoms with Gasteiger partial charge >= 0.3 is 5.69 Å². The second-order valence-electron chi connectivity index (χ2n) is 5.27. The average molecular weight is 316 g/mol. The lowest BCUT2D eigenvalue weighted by atomic mass is 10.1. The molecular formula is C16H20N4O3. The molecule has 0 radical (unpaired) electrons. The monoisotopic (exact) mass is 316 g/mol. The molecule has 122 valence electrons. The summed E-state index contributed by atoms with van der Waals surface area (Å²) in [7, 11) is 5.42. The van der Waals surface area contributed by atoms with Crippen molar-refractivity contribution in [3.8, 4) is 17.0 Å². The van der Waals surface area contributed by atoms with Gasteiger partial charge in [0.2, 0.25) is 0 Å². The molecule has 0 unspecified atom stereocenters. The predicted octanol–water partition coefficient (Wildman–Crippen LogP) is 0.737. The molecule has 1 aromatic carbocycles. The Labute approximate surface area is 134 Å². The molecule has 0 spiro atoms. The van der Waals surface area contributed by atoms with E-state index in [-0.39, 0.29) is 11.6 Å². The SMILES string of the molecule is COc1ccc(-c2cc(C(=O)NCCN(C)C)[nH]c(=O)n2)cc1. The smallest absolute Gasteiger partial charge is 0.346 e. The second kappa shape index (κ2) is 7.55. The molecule has 7 nitrogen and oxygen atoms in total. The van der Waals surface area contributed by atoms with Gasteiger partial charge < -0.3 is 19.9 Å². The van der Waals surface area contributed by atoms with Crippen LogP contribution in [0.4, 0.5) is 0 Å². The van der Waals surface area contributed by atoms with E-state index < -0.39 is 5.69 Å². The molecule has 1 amide bonds. The van der Waals surface area contributed by atoms with Crippen LogP contribution in [0, 0.1) is 0 Å². The summed E-state index contributed by atoms with van der Waals surface area (Å²) in [5, 5.41) is 2.76. The summed E-state index contributed by atoms with van der Waals surface area (Å²) in [6.07, 6.45) is 0. The van der Waals surface area contributed by atoms with Gasteiger partial charge in [0.05, 0.1) is 12.8 Å². The van der Waals surface area contributed by atoms with Gasteiger partial charge in [0.15, 0.2) is 0 Å². The van der Waals surface area contributed by atoms with Crippen molar-refractivity contribution in [3.05, 3.63) is 46.5 Å². The summed E-state index contributed by atoms with van der Waals surface area (Å²) in [4.78, 5) is 32.2. The van der Waals surface area contributed by atoms with Crippen molar-refractivity contribution >= 4 is 5.91 Å². The number of aromatic amines is 1. The molecular weight excluding hydrogens is 296 g/mol. The van der Waals surface area contributed by atoms with Gasteiger partial charge in [-0.1, -0.05) is 0 Å². The zero-order valence-corrected chi connectivity index (χ0v) is 13.4. The first-order valence-corrected chi connectivity index (χ1v) is 7.18. The summed E-state index contributed by atoms with van der Waals surface area (Å²) in [5.74, 6) is 0.376. The van der Waals surface area contributed by atoms with Crippen LogP contribution in [-0.4, -0.2) is 55.1 Å². The number of hydrogen-bond acceptors (Lipinski definition) is 5. The first kappa shape index (κ1) is 16.7. The third-order valence-corrected chi connectivity index (χ3v) is 3.22. The van der Waals surface area contributed by atoms with E-state index in [1.54, 1.807) is 37.4 Å². The standard InChI is InChI=1S/C16H20N4O3/c1-20(2)9-8-17-15(21)14-10-13(18-16(22)19-14)11-4-6-12(23-3)7-5-11/h4-7,10H,8-9H2,1-3H3,(H,17,21)(H,18,19,22). The van der Waals surface area contributed by atoms with Gasteiger partial charge in [0.25, 0.3) is 5.91 Å². The molecule has 0 aliphatic rings. The number of amides is 1. The van der Waals surface area contributed by atoms with Crippen LogP contribution >= 0.6 is 0 Å². The Balaban J connectivity index is 2.21. The van der Waals surface area contributed by atoms with Crippen molar-refractivity contribution < 1.29 is 9.53 Å². The maximum atomic E-state index is 12.1. The zero-order valence-electron chi connectivity index (χ0n) is 13.4. The van der Waals surface area contributed by atoms with Crippen molar-refractivity contribution in [2.45, 2.75) is 0 Å². The van der Waals surface area contributed by atoms with E-state index >= 15 is 0 Å². The van der Waals surface area contributed by atoms with Gasteiger partial charge in [-0.25, -0.2) is 4.79 Å². The van der Waals surface area contributed by atoms with Gasteiger partial charge in [-0.3, -0.25) is 4.79 Å². The van der Waals surface area contributed by atoms with E-state index in [2.05, 4.69) is 15.3 Å². The highest BCUT2D eigenvalue weighted by Gasteiger charge is 2.10. The Morgan fingerprint density at radius 3 is 2.61 bits per heavy atom. The fourth-order valence-electron chi connectivity index (χ4n) is 1.98. The van der Waals surface area contributed by atoms with Crippen molar-refractivity contribution in [1.29, 1.82) is 0 Å². The molecule has 0 saturated carbocycles. The minimum absolute atomic E-state index is 0.189. The summed E-state index contributed by atoms with van der Waals surface area (Å²) < 4.78 is 5.10. The van der Waals surface area contributed by atoms with E-state index in [0.29, 0.717) is 24.5 Å². The highest BCUT2D eigenvalue weighted by Crippen LogP contribution is 2.19. The third-order valence-electron chi connectivity index (χ3n) is 3.22. The number of hydrogen-bond donors (Lipinski definition) is 2. The summed E-state index contributed by atoms with van der Waals surface area (Å²) in [6, 6.07) is 8.68. The number of aromatic nitrogens is 2. The van der Waals surface area contributed by atoms with Gasteiger partial charge in [-0.05, 0) is 44.4 Å². The molecule has 0 saturated heterocycles. The minimum atomic E-state index is -0.559. The lowest BCUT2D eigenvalue weighted by molar-refractivity contribution is 0.0945. The van der Waals surface area contributed by atoms with Gasteiger partial charge in [-0.15, -0.1) is 0 Å². The second-order valence-corrected chi connectivity index (χ2v) is 5.27. The Kier molecular flexibility index (Phi) is 5.48.